The van der Waals surface area contributed by atoms with Crippen molar-refractivity contribution in [2.45, 2.75) is 12.5 Å². The zero-order valence-corrected chi connectivity index (χ0v) is 9.46. The van der Waals surface area contributed by atoms with Crippen molar-refractivity contribution < 1.29 is 14.6 Å². The Bertz CT molecular complexity index is 534. The van der Waals surface area contributed by atoms with Gasteiger partial charge in [-0.05, 0) is 17.0 Å². The van der Waals surface area contributed by atoms with Crippen molar-refractivity contribution in [1.29, 1.82) is 0 Å². The molecule has 2 aromatic rings. The van der Waals surface area contributed by atoms with Crippen LogP contribution in [0.5, 0.6) is 0 Å². The third-order valence-electron chi connectivity index (χ3n) is 2.66. The first-order chi connectivity index (χ1) is 8.22. The van der Waals surface area contributed by atoms with Crippen molar-refractivity contribution in [1.82, 2.24) is 4.98 Å². The van der Waals surface area contributed by atoms with Crippen LogP contribution in [-0.4, -0.2) is 23.2 Å². The molecular weight excluding hydrogens is 218 g/mol. The van der Waals surface area contributed by atoms with Crippen LogP contribution in [0.15, 0.2) is 36.7 Å². The molecule has 0 spiro atoms. The molecule has 1 N–H and O–H groups in total. The van der Waals surface area contributed by atoms with Crippen molar-refractivity contribution >= 4 is 16.7 Å². The molecule has 1 aromatic carbocycles. The lowest BCUT2D eigenvalue weighted by atomic mass is 10.0. The van der Waals surface area contributed by atoms with Crippen LogP contribution in [0, 0.1) is 0 Å². The molecule has 0 aliphatic rings. The molecule has 0 aliphatic heterocycles. The van der Waals surface area contributed by atoms with Gasteiger partial charge in [0.1, 0.15) is 0 Å². The summed E-state index contributed by atoms with van der Waals surface area (Å²) in [4.78, 5) is 15.2. The summed E-state index contributed by atoms with van der Waals surface area (Å²) in [5.74, 6) is -0.427. The quantitative estimate of drug-likeness (QED) is 0.819. The predicted octanol–water partition coefficient (Wildman–Crippen LogP) is 1.83. The number of hydrogen-bond donors (Lipinski definition) is 1. The zero-order chi connectivity index (χ0) is 12.3. The Kier molecular flexibility index (Phi) is 3.35. The maximum atomic E-state index is 11.1. The van der Waals surface area contributed by atoms with Gasteiger partial charge in [0.15, 0.2) is 0 Å². The van der Waals surface area contributed by atoms with E-state index in [1.54, 1.807) is 18.5 Å². The van der Waals surface area contributed by atoms with Crippen molar-refractivity contribution in [3.63, 3.8) is 0 Å². The standard InChI is InChI=1S/C13H13NO3/c1-17-13(16)7-12(15)11-4-2-3-9-8-14-6-5-10(9)11/h2-6,8,12,15H,7H2,1H3/t12-/m0/s1. The molecule has 1 aromatic heterocycles. The van der Waals surface area contributed by atoms with Gasteiger partial charge in [-0.15, -0.1) is 0 Å². The molecule has 2 rings (SSSR count). The Labute approximate surface area is 98.9 Å². The average molecular weight is 231 g/mol. The van der Waals surface area contributed by atoms with Crippen LogP contribution in [-0.2, 0) is 9.53 Å². The molecule has 1 heterocycles. The van der Waals surface area contributed by atoms with E-state index in [4.69, 9.17) is 0 Å². The molecule has 4 heteroatoms. The Balaban J connectivity index is 2.38. The summed E-state index contributed by atoms with van der Waals surface area (Å²) in [7, 11) is 1.31. The highest BCUT2D eigenvalue weighted by Crippen LogP contribution is 2.25. The van der Waals surface area contributed by atoms with E-state index in [-0.39, 0.29) is 6.42 Å². The molecule has 17 heavy (non-hydrogen) atoms. The summed E-state index contributed by atoms with van der Waals surface area (Å²) in [6.45, 7) is 0. The van der Waals surface area contributed by atoms with Crippen molar-refractivity contribution in [2.75, 3.05) is 7.11 Å². The number of esters is 1. The fourth-order valence-electron chi connectivity index (χ4n) is 1.79. The number of rotatable bonds is 3. The van der Waals surface area contributed by atoms with Gasteiger partial charge in [-0.3, -0.25) is 9.78 Å². The molecular formula is C13H13NO3. The number of aromatic nitrogens is 1. The number of pyridine rings is 1. The molecule has 0 amide bonds. The second-order valence-electron chi connectivity index (χ2n) is 3.74. The Morgan fingerprint density at radius 2 is 2.29 bits per heavy atom. The summed E-state index contributed by atoms with van der Waals surface area (Å²) in [6.07, 6.45) is 2.49. The van der Waals surface area contributed by atoms with E-state index in [2.05, 4.69) is 9.72 Å². The number of carbonyl (C=O) groups is 1. The van der Waals surface area contributed by atoms with Crippen molar-refractivity contribution in [3.8, 4) is 0 Å². The fraction of sp³-hybridized carbons (Fsp3) is 0.231. The molecule has 1 atom stereocenters. The van der Waals surface area contributed by atoms with Gasteiger partial charge in [0.2, 0.25) is 0 Å². The maximum absolute atomic E-state index is 11.1. The normalized spacial score (nSPS) is 12.4. The smallest absolute Gasteiger partial charge is 0.308 e. The summed E-state index contributed by atoms with van der Waals surface area (Å²) in [6, 6.07) is 7.37. The van der Waals surface area contributed by atoms with Gasteiger partial charge in [-0.1, -0.05) is 18.2 Å². The average Bonchev–Trinajstić information content (AvgIpc) is 2.37. The van der Waals surface area contributed by atoms with Gasteiger partial charge in [0.05, 0.1) is 19.6 Å². The number of methoxy groups -OCH3 is 1. The summed E-state index contributed by atoms with van der Waals surface area (Å²) < 4.78 is 4.54. The van der Waals surface area contributed by atoms with Gasteiger partial charge in [-0.2, -0.15) is 0 Å². The monoisotopic (exact) mass is 231 g/mol. The summed E-state index contributed by atoms with van der Waals surface area (Å²) >= 11 is 0. The molecule has 0 saturated heterocycles. The Morgan fingerprint density at radius 3 is 3.06 bits per heavy atom. The van der Waals surface area contributed by atoms with E-state index in [0.717, 1.165) is 16.3 Å². The van der Waals surface area contributed by atoms with Gasteiger partial charge in [0, 0.05) is 17.8 Å². The zero-order valence-electron chi connectivity index (χ0n) is 9.46. The van der Waals surface area contributed by atoms with Crippen molar-refractivity contribution in [3.05, 3.63) is 42.2 Å². The van der Waals surface area contributed by atoms with E-state index in [0.29, 0.717) is 0 Å². The SMILES string of the molecule is COC(=O)C[C@H](O)c1cccc2cnccc12. The van der Waals surface area contributed by atoms with Gasteiger partial charge >= 0.3 is 5.97 Å². The minimum atomic E-state index is -0.853. The first kappa shape index (κ1) is 11.5. The number of aliphatic hydroxyl groups excluding tert-OH is 1. The van der Waals surface area contributed by atoms with Gasteiger partial charge in [-0.25, -0.2) is 0 Å². The highest BCUT2D eigenvalue weighted by atomic mass is 16.5. The number of hydrogen-bond acceptors (Lipinski definition) is 4. The molecule has 0 radical (unpaired) electrons. The highest BCUT2D eigenvalue weighted by Gasteiger charge is 2.15. The second kappa shape index (κ2) is 4.93. The Morgan fingerprint density at radius 1 is 1.47 bits per heavy atom. The molecule has 4 nitrogen and oxygen atoms in total. The van der Waals surface area contributed by atoms with Crippen LogP contribution in [0.2, 0.25) is 0 Å². The van der Waals surface area contributed by atoms with Gasteiger partial charge in [0.25, 0.3) is 0 Å². The molecule has 0 fully saturated rings. The Hall–Kier alpha value is -1.94. The molecule has 0 unspecified atom stereocenters. The molecule has 0 saturated carbocycles. The van der Waals surface area contributed by atoms with E-state index in [9.17, 15) is 9.90 Å². The number of ether oxygens (including phenoxy) is 1. The number of fused-ring (bicyclic) bond motifs is 1. The summed E-state index contributed by atoms with van der Waals surface area (Å²) in [5, 5.41) is 11.8. The highest BCUT2D eigenvalue weighted by molar-refractivity contribution is 5.85. The van der Waals surface area contributed by atoms with E-state index in [1.807, 2.05) is 18.2 Å². The van der Waals surface area contributed by atoms with E-state index in [1.165, 1.54) is 7.11 Å². The van der Waals surface area contributed by atoms with Crippen LogP contribution >= 0.6 is 0 Å². The molecule has 88 valence electrons. The second-order valence-corrected chi connectivity index (χ2v) is 3.74. The number of aliphatic hydroxyl groups is 1. The first-order valence-electron chi connectivity index (χ1n) is 5.30. The number of benzene rings is 1. The third kappa shape index (κ3) is 2.42. The topological polar surface area (TPSA) is 59.4 Å². The third-order valence-corrected chi connectivity index (χ3v) is 2.66. The lowest BCUT2D eigenvalue weighted by molar-refractivity contribution is -0.142. The molecule has 0 aliphatic carbocycles. The minimum Gasteiger partial charge on any atom is -0.469 e. The van der Waals surface area contributed by atoms with E-state index >= 15 is 0 Å². The van der Waals surface area contributed by atoms with Crippen LogP contribution < -0.4 is 0 Å². The minimum absolute atomic E-state index is 0.0437. The van der Waals surface area contributed by atoms with E-state index < -0.39 is 12.1 Å². The maximum Gasteiger partial charge on any atom is 0.308 e. The van der Waals surface area contributed by atoms with Crippen LogP contribution in [0.1, 0.15) is 18.1 Å². The van der Waals surface area contributed by atoms with Crippen LogP contribution in [0.25, 0.3) is 10.8 Å². The van der Waals surface area contributed by atoms with Crippen LogP contribution in [0.4, 0.5) is 0 Å². The molecule has 0 bridgehead atoms. The van der Waals surface area contributed by atoms with Gasteiger partial charge < -0.3 is 9.84 Å². The van der Waals surface area contributed by atoms with Crippen molar-refractivity contribution in [2.24, 2.45) is 0 Å². The number of carbonyl (C=O) groups excluding carboxylic acids is 1. The largest absolute Gasteiger partial charge is 0.469 e. The lowest BCUT2D eigenvalue weighted by Crippen LogP contribution is -2.08. The summed E-state index contributed by atoms with van der Waals surface area (Å²) in [5.41, 5.74) is 0.718. The van der Waals surface area contributed by atoms with Crippen LogP contribution in [0.3, 0.4) is 0 Å². The lowest BCUT2D eigenvalue weighted by Gasteiger charge is -2.12. The predicted molar refractivity (Wildman–Crippen MR) is 63.3 cm³/mol. The number of nitrogens with zero attached hydrogens (tertiary/aromatic N) is 1. The fourth-order valence-corrected chi connectivity index (χ4v) is 1.79. The first-order valence-corrected chi connectivity index (χ1v) is 5.30.